The number of likely N-dealkylation sites (N-methyl/N-ethyl adjacent to an activating group) is 1. The summed E-state index contributed by atoms with van der Waals surface area (Å²) in [7, 11) is 6.17. The molecule has 1 fully saturated rings. The van der Waals surface area contributed by atoms with Gasteiger partial charge in [-0.05, 0) is 58.4 Å². The Balaban J connectivity index is 1.77. The van der Waals surface area contributed by atoms with Crippen molar-refractivity contribution in [3.05, 3.63) is 24.3 Å². The molecule has 0 spiro atoms. The van der Waals surface area contributed by atoms with Crippen LogP contribution in [0.15, 0.2) is 24.3 Å². The number of carbonyl (C=O) groups excluding carboxylic acids is 2. The number of carbonyl (C=O) groups is 2. The van der Waals surface area contributed by atoms with E-state index in [4.69, 9.17) is 0 Å². The highest BCUT2D eigenvalue weighted by atomic mass is 16.2. The molecule has 0 aliphatic carbocycles. The second-order valence-electron chi connectivity index (χ2n) is 7.80. The Kier molecular flexibility index (Phi) is 8.73. The summed E-state index contributed by atoms with van der Waals surface area (Å²) >= 11 is 0. The summed E-state index contributed by atoms with van der Waals surface area (Å²) in [5, 5.41) is 2.94. The SMILES string of the molecule is CC(=O)N(CCCN(C)C)CCC(=O)Nc1ccc(N2CCN(C)CC2)cc1. The molecule has 7 heteroatoms. The second-order valence-corrected chi connectivity index (χ2v) is 7.80. The van der Waals surface area contributed by atoms with Gasteiger partial charge in [0.05, 0.1) is 0 Å². The van der Waals surface area contributed by atoms with Gasteiger partial charge in [0, 0.05) is 64.0 Å². The van der Waals surface area contributed by atoms with Crippen LogP contribution < -0.4 is 10.2 Å². The van der Waals surface area contributed by atoms with Crippen molar-refractivity contribution in [1.82, 2.24) is 14.7 Å². The molecule has 0 radical (unpaired) electrons. The summed E-state index contributed by atoms with van der Waals surface area (Å²) in [6.45, 7) is 7.81. The standard InChI is InChI=1S/C21H35N5O2/c1-18(27)25(12-5-11-23(2)3)13-10-21(28)22-19-6-8-20(9-7-19)26-16-14-24(4)15-17-26/h6-9H,5,10-17H2,1-4H3,(H,22,28). The molecule has 7 nitrogen and oxygen atoms in total. The van der Waals surface area contributed by atoms with Gasteiger partial charge in [-0.3, -0.25) is 9.59 Å². The van der Waals surface area contributed by atoms with E-state index in [1.807, 2.05) is 26.2 Å². The molecule has 0 aromatic heterocycles. The number of benzene rings is 1. The zero-order valence-electron chi connectivity index (χ0n) is 17.8. The van der Waals surface area contributed by atoms with Crippen LogP contribution >= 0.6 is 0 Å². The molecule has 0 bridgehead atoms. The second kappa shape index (κ2) is 11.0. The maximum atomic E-state index is 12.3. The highest BCUT2D eigenvalue weighted by molar-refractivity contribution is 5.91. The van der Waals surface area contributed by atoms with E-state index in [9.17, 15) is 9.59 Å². The number of nitrogens with one attached hydrogen (secondary N) is 1. The average molecular weight is 390 g/mol. The van der Waals surface area contributed by atoms with Gasteiger partial charge in [-0.25, -0.2) is 0 Å². The minimum Gasteiger partial charge on any atom is -0.369 e. The first kappa shape index (κ1) is 22.2. The zero-order chi connectivity index (χ0) is 20.5. The van der Waals surface area contributed by atoms with Crippen LogP contribution in [0, 0.1) is 0 Å². The van der Waals surface area contributed by atoms with Gasteiger partial charge in [-0.1, -0.05) is 0 Å². The Bertz CT molecular complexity index is 624. The molecule has 1 aliphatic heterocycles. The van der Waals surface area contributed by atoms with E-state index >= 15 is 0 Å². The summed E-state index contributed by atoms with van der Waals surface area (Å²) < 4.78 is 0. The van der Waals surface area contributed by atoms with Gasteiger partial charge >= 0.3 is 0 Å². The number of hydrogen-bond acceptors (Lipinski definition) is 5. The van der Waals surface area contributed by atoms with Crippen LogP contribution in [0.1, 0.15) is 19.8 Å². The van der Waals surface area contributed by atoms with Gasteiger partial charge in [0.1, 0.15) is 0 Å². The van der Waals surface area contributed by atoms with E-state index in [-0.39, 0.29) is 11.8 Å². The normalized spacial score (nSPS) is 15.0. The van der Waals surface area contributed by atoms with E-state index in [1.54, 1.807) is 11.8 Å². The van der Waals surface area contributed by atoms with E-state index in [0.717, 1.165) is 44.8 Å². The van der Waals surface area contributed by atoms with E-state index in [2.05, 4.69) is 39.2 Å². The van der Waals surface area contributed by atoms with Gasteiger partial charge in [-0.2, -0.15) is 0 Å². The van der Waals surface area contributed by atoms with E-state index < -0.39 is 0 Å². The third-order valence-corrected chi connectivity index (χ3v) is 5.11. The first-order valence-electron chi connectivity index (χ1n) is 10.1. The molecular weight excluding hydrogens is 354 g/mol. The quantitative estimate of drug-likeness (QED) is 0.695. The molecule has 1 aliphatic rings. The third-order valence-electron chi connectivity index (χ3n) is 5.11. The van der Waals surface area contributed by atoms with Gasteiger partial charge in [-0.15, -0.1) is 0 Å². The lowest BCUT2D eigenvalue weighted by atomic mass is 10.2. The topological polar surface area (TPSA) is 59.1 Å². The maximum Gasteiger partial charge on any atom is 0.226 e. The number of hydrogen-bond donors (Lipinski definition) is 1. The number of anilines is 2. The van der Waals surface area contributed by atoms with Crippen molar-refractivity contribution in [2.45, 2.75) is 19.8 Å². The van der Waals surface area contributed by atoms with Crippen molar-refractivity contribution < 1.29 is 9.59 Å². The summed E-state index contributed by atoms with van der Waals surface area (Å²) in [5.41, 5.74) is 1.99. The smallest absolute Gasteiger partial charge is 0.226 e. The summed E-state index contributed by atoms with van der Waals surface area (Å²) in [6.07, 6.45) is 1.21. The van der Waals surface area contributed by atoms with Crippen molar-refractivity contribution in [2.24, 2.45) is 0 Å². The van der Waals surface area contributed by atoms with Crippen molar-refractivity contribution in [3.63, 3.8) is 0 Å². The molecule has 1 aromatic carbocycles. The Morgan fingerprint density at radius 2 is 1.64 bits per heavy atom. The first-order chi connectivity index (χ1) is 13.3. The third kappa shape index (κ3) is 7.48. The van der Waals surface area contributed by atoms with E-state index in [1.165, 1.54) is 5.69 Å². The molecule has 0 unspecified atom stereocenters. The van der Waals surface area contributed by atoms with Crippen molar-refractivity contribution in [2.75, 3.05) is 77.2 Å². The lowest BCUT2D eigenvalue weighted by Gasteiger charge is -2.34. The highest BCUT2D eigenvalue weighted by Crippen LogP contribution is 2.19. The van der Waals surface area contributed by atoms with Gasteiger partial charge in [0.2, 0.25) is 11.8 Å². The van der Waals surface area contributed by atoms with Crippen LogP contribution in [0.3, 0.4) is 0 Å². The monoisotopic (exact) mass is 389 g/mol. The Morgan fingerprint density at radius 3 is 2.21 bits per heavy atom. The minimum atomic E-state index is -0.0637. The number of piperazine rings is 1. The Morgan fingerprint density at radius 1 is 1.00 bits per heavy atom. The molecule has 2 rings (SSSR count). The van der Waals surface area contributed by atoms with Crippen LogP contribution in [-0.2, 0) is 9.59 Å². The molecule has 156 valence electrons. The largest absolute Gasteiger partial charge is 0.369 e. The van der Waals surface area contributed by atoms with Gasteiger partial charge < -0.3 is 24.9 Å². The predicted octanol–water partition coefficient (Wildman–Crippen LogP) is 1.57. The van der Waals surface area contributed by atoms with Crippen LogP contribution in [0.25, 0.3) is 0 Å². The van der Waals surface area contributed by atoms with Crippen LogP contribution in [0.4, 0.5) is 11.4 Å². The highest BCUT2D eigenvalue weighted by Gasteiger charge is 2.15. The average Bonchev–Trinajstić information content (AvgIpc) is 2.65. The number of amides is 2. The van der Waals surface area contributed by atoms with Crippen molar-refractivity contribution >= 4 is 23.2 Å². The van der Waals surface area contributed by atoms with Gasteiger partial charge in [0.15, 0.2) is 0 Å². The summed E-state index contributed by atoms with van der Waals surface area (Å²) in [6, 6.07) is 8.02. The molecular formula is C21H35N5O2. The van der Waals surface area contributed by atoms with Crippen LogP contribution in [0.5, 0.6) is 0 Å². The maximum absolute atomic E-state index is 12.3. The molecule has 2 amide bonds. The first-order valence-corrected chi connectivity index (χ1v) is 10.1. The van der Waals surface area contributed by atoms with Crippen LogP contribution in [-0.4, -0.2) is 93.5 Å². The molecule has 1 saturated heterocycles. The Hall–Kier alpha value is -2.12. The molecule has 0 saturated carbocycles. The Labute approximate surface area is 169 Å². The molecule has 1 aromatic rings. The van der Waals surface area contributed by atoms with Crippen LogP contribution in [0.2, 0.25) is 0 Å². The molecule has 0 atom stereocenters. The summed E-state index contributed by atoms with van der Waals surface area (Å²) in [5.74, 6) is -0.0470. The zero-order valence-corrected chi connectivity index (χ0v) is 17.8. The predicted molar refractivity (Wildman–Crippen MR) is 115 cm³/mol. The molecule has 28 heavy (non-hydrogen) atoms. The molecule has 1 heterocycles. The fourth-order valence-electron chi connectivity index (χ4n) is 3.28. The fourth-order valence-corrected chi connectivity index (χ4v) is 3.28. The minimum absolute atomic E-state index is 0.0167. The summed E-state index contributed by atoms with van der Waals surface area (Å²) in [4.78, 5) is 32.6. The van der Waals surface area contributed by atoms with Gasteiger partial charge in [0.25, 0.3) is 0 Å². The number of nitrogens with zero attached hydrogens (tertiary/aromatic N) is 4. The fraction of sp³-hybridized carbons (Fsp3) is 0.619. The molecule has 1 N–H and O–H groups in total. The van der Waals surface area contributed by atoms with Crippen molar-refractivity contribution in [3.8, 4) is 0 Å². The number of rotatable bonds is 9. The van der Waals surface area contributed by atoms with Crippen molar-refractivity contribution in [1.29, 1.82) is 0 Å². The lowest BCUT2D eigenvalue weighted by Crippen LogP contribution is -2.44. The lowest BCUT2D eigenvalue weighted by molar-refractivity contribution is -0.129. The van der Waals surface area contributed by atoms with E-state index in [0.29, 0.717) is 19.5 Å².